The van der Waals surface area contributed by atoms with Gasteiger partial charge in [-0.15, -0.1) is 0 Å². The molecule has 0 unspecified atom stereocenters. The van der Waals surface area contributed by atoms with Crippen molar-refractivity contribution >= 4 is 11.7 Å². The Hall–Kier alpha value is -1.08. The predicted molar refractivity (Wildman–Crippen MR) is 35.2 cm³/mol. The first-order chi connectivity index (χ1) is 3.81. The Balaban J connectivity index is 3.90. The molecule has 3 heteroatoms. The Morgan fingerprint density at radius 2 is 2.38 bits per heavy atom. The Labute approximate surface area is 48.6 Å². The highest BCUT2D eigenvalue weighted by Crippen LogP contribution is 1.71. The number of amidine groups is 1. The number of nitrogens with two attached hydrogens (primary N) is 1. The molecule has 0 rings (SSSR count). The van der Waals surface area contributed by atoms with Gasteiger partial charge in [-0.2, -0.15) is 4.99 Å². The van der Waals surface area contributed by atoms with Crippen molar-refractivity contribution in [3.63, 3.8) is 0 Å². The summed E-state index contributed by atoms with van der Waals surface area (Å²) in [6.45, 7) is 1.77. The molecule has 0 atom stereocenters. The fourth-order valence-electron chi connectivity index (χ4n) is 0.181. The SMILES string of the molecule is CN=C(C)N=C=CN. The zero-order valence-electron chi connectivity index (χ0n) is 5.05. The molecule has 8 heavy (non-hydrogen) atoms. The largest absolute Gasteiger partial charge is 0.397 e. The molecule has 0 aliphatic heterocycles. The molecule has 0 heterocycles. The molecule has 0 aromatic heterocycles. The van der Waals surface area contributed by atoms with E-state index in [1.54, 1.807) is 14.0 Å². The number of rotatable bonds is 0. The summed E-state index contributed by atoms with van der Waals surface area (Å²) in [5, 5.41) is 0. The van der Waals surface area contributed by atoms with Crippen LogP contribution in [-0.4, -0.2) is 18.8 Å². The number of aliphatic imine (C=N–C) groups is 2. The molecule has 3 nitrogen and oxygen atoms in total. The van der Waals surface area contributed by atoms with Crippen LogP contribution >= 0.6 is 0 Å². The molecule has 0 amide bonds. The summed E-state index contributed by atoms with van der Waals surface area (Å²) >= 11 is 0. The minimum absolute atomic E-state index is 0.673. The van der Waals surface area contributed by atoms with Gasteiger partial charge in [0.15, 0.2) is 0 Å². The minimum Gasteiger partial charge on any atom is -0.397 e. The first kappa shape index (κ1) is 6.92. The van der Waals surface area contributed by atoms with Crippen molar-refractivity contribution in [2.75, 3.05) is 7.05 Å². The van der Waals surface area contributed by atoms with Crippen LogP contribution < -0.4 is 5.73 Å². The van der Waals surface area contributed by atoms with E-state index in [4.69, 9.17) is 5.73 Å². The number of nitrogens with zero attached hydrogens (tertiary/aromatic N) is 2. The van der Waals surface area contributed by atoms with Gasteiger partial charge in [-0.3, -0.25) is 4.99 Å². The monoisotopic (exact) mass is 111 g/mol. The molecular formula is C5H9N3. The van der Waals surface area contributed by atoms with Crippen LogP contribution in [0.1, 0.15) is 6.92 Å². The first-order valence-corrected chi connectivity index (χ1v) is 2.24. The molecule has 44 valence electrons. The molecular weight excluding hydrogens is 102 g/mol. The van der Waals surface area contributed by atoms with Crippen molar-refractivity contribution in [2.45, 2.75) is 6.92 Å². The lowest BCUT2D eigenvalue weighted by Gasteiger charge is -1.78. The summed E-state index contributed by atoms with van der Waals surface area (Å²) in [6, 6.07) is 0. The van der Waals surface area contributed by atoms with Gasteiger partial charge in [0.05, 0.1) is 6.20 Å². The zero-order chi connectivity index (χ0) is 6.41. The van der Waals surface area contributed by atoms with Gasteiger partial charge < -0.3 is 5.73 Å². The fourth-order valence-corrected chi connectivity index (χ4v) is 0.181. The van der Waals surface area contributed by atoms with Crippen LogP contribution in [-0.2, 0) is 0 Å². The molecule has 0 fully saturated rings. The lowest BCUT2D eigenvalue weighted by atomic mass is 10.7. The molecule has 0 aromatic rings. The van der Waals surface area contributed by atoms with Gasteiger partial charge in [0.25, 0.3) is 0 Å². The summed E-state index contributed by atoms with van der Waals surface area (Å²) in [4.78, 5) is 7.42. The van der Waals surface area contributed by atoms with E-state index in [-0.39, 0.29) is 0 Å². The van der Waals surface area contributed by atoms with E-state index < -0.39 is 0 Å². The lowest BCUT2D eigenvalue weighted by molar-refractivity contribution is 1.38. The second-order valence-corrected chi connectivity index (χ2v) is 1.18. The molecule has 0 saturated carbocycles. The summed E-state index contributed by atoms with van der Waals surface area (Å²) in [5.74, 6) is 3.12. The van der Waals surface area contributed by atoms with E-state index in [2.05, 4.69) is 15.9 Å². The second kappa shape index (κ2) is 4.09. The summed E-state index contributed by atoms with van der Waals surface area (Å²) in [7, 11) is 1.66. The van der Waals surface area contributed by atoms with Crippen molar-refractivity contribution in [2.24, 2.45) is 15.7 Å². The normalized spacial score (nSPS) is 10.0. The maximum absolute atomic E-state index is 4.95. The number of hydrogen-bond donors (Lipinski definition) is 1. The number of hydrogen-bond acceptors (Lipinski definition) is 2. The van der Waals surface area contributed by atoms with Gasteiger partial charge in [-0.1, -0.05) is 0 Å². The third-order valence-electron chi connectivity index (χ3n) is 0.624. The lowest BCUT2D eigenvalue weighted by Crippen LogP contribution is -1.83. The third-order valence-corrected chi connectivity index (χ3v) is 0.624. The standard InChI is InChI=1S/C5H9N3/c1-5(7-2)8-4-3-6/h3H,6H2,1-2H3. The molecule has 2 N–H and O–H groups in total. The molecule has 0 aliphatic rings. The Kier molecular flexibility index (Phi) is 3.54. The van der Waals surface area contributed by atoms with Crippen molar-refractivity contribution < 1.29 is 0 Å². The van der Waals surface area contributed by atoms with Crippen molar-refractivity contribution in [3.8, 4) is 0 Å². The van der Waals surface area contributed by atoms with Crippen molar-refractivity contribution in [1.29, 1.82) is 0 Å². The van der Waals surface area contributed by atoms with Crippen LogP contribution in [0.5, 0.6) is 0 Å². The second-order valence-electron chi connectivity index (χ2n) is 1.18. The average Bonchev–Trinajstić information content (AvgIpc) is 1.83. The van der Waals surface area contributed by atoms with E-state index in [0.717, 1.165) is 0 Å². The van der Waals surface area contributed by atoms with Crippen molar-refractivity contribution in [3.05, 3.63) is 6.20 Å². The van der Waals surface area contributed by atoms with Crippen molar-refractivity contribution in [1.82, 2.24) is 0 Å². The maximum atomic E-state index is 4.95. The van der Waals surface area contributed by atoms with Crippen LogP contribution in [0.4, 0.5) is 0 Å². The van der Waals surface area contributed by atoms with Crippen LogP contribution in [0.2, 0.25) is 0 Å². The van der Waals surface area contributed by atoms with E-state index in [1.807, 2.05) is 0 Å². The van der Waals surface area contributed by atoms with E-state index in [1.165, 1.54) is 6.20 Å². The molecule has 0 aromatic carbocycles. The Morgan fingerprint density at radius 3 is 2.75 bits per heavy atom. The molecule has 0 saturated heterocycles. The molecule has 0 aliphatic carbocycles. The Morgan fingerprint density at radius 1 is 1.75 bits per heavy atom. The van der Waals surface area contributed by atoms with Gasteiger partial charge in [-0.05, 0) is 6.92 Å². The quantitative estimate of drug-likeness (QED) is 0.352. The predicted octanol–water partition coefficient (Wildman–Crippen LogP) is 0.177. The zero-order valence-corrected chi connectivity index (χ0v) is 5.05. The Bertz CT molecular complexity index is 140. The molecule has 0 spiro atoms. The van der Waals surface area contributed by atoms with Crippen LogP contribution in [0.25, 0.3) is 0 Å². The summed E-state index contributed by atoms with van der Waals surface area (Å²) in [6.07, 6.45) is 1.24. The highest BCUT2D eigenvalue weighted by molar-refractivity contribution is 5.85. The third kappa shape index (κ3) is 3.12. The van der Waals surface area contributed by atoms with Crippen LogP contribution in [0.3, 0.4) is 0 Å². The summed E-state index contributed by atoms with van der Waals surface area (Å²) in [5.41, 5.74) is 4.95. The molecule has 0 bridgehead atoms. The van der Waals surface area contributed by atoms with Crippen LogP contribution in [0, 0.1) is 0 Å². The van der Waals surface area contributed by atoms with Gasteiger partial charge in [0.2, 0.25) is 0 Å². The maximum Gasteiger partial charge on any atom is 0.129 e. The highest BCUT2D eigenvalue weighted by Gasteiger charge is 1.72. The average molecular weight is 111 g/mol. The van der Waals surface area contributed by atoms with E-state index in [0.29, 0.717) is 5.84 Å². The topological polar surface area (TPSA) is 50.7 Å². The summed E-state index contributed by atoms with van der Waals surface area (Å²) < 4.78 is 0. The highest BCUT2D eigenvalue weighted by atomic mass is 14.9. The van der Waals surface area contributed by atoms with Gasteiger partial charge in [0, 0.05) is 12.9 Å². The molecule has 0 radical (unpaired) electrons. The van der Waals surface area contributed by atoms with Gasteiger partial charge >= 0.3 is 0 Å². The van der Waals surface area contributed by atoms with Gasteiger partial charge in [-0.25, -0.2) is 0 Å². The van der Waals surface area contributed by atoms with Crippen LogP contribution in [0.15, 0.2) is 16.2 Å². The van der Waals surface area contributed by atoms with Gasteiger partial charge in [0.1, 0.15) is 5.84 Å². The fraction of sp³-hybridized carbons (Fsp3) is 0.400. The smallest absolute Gasteiger partial charge is 0.129 e. The van der Waals surface area contributed by atoms with E-state index in [9.17, 15) is 0 Å². The van der Waals surface area contributed by atoms with E-state index >= 15 is 0 Å². The minimum atomic E-state index is 0.673. The first-order valence-electron chi connectivity index (χ1n) is 2.24.